The molecule has 0 fully saturated rings. The standard InChI is InChI=1S/C15H22N4O2/c1-11-6-7-12(10-16)13(19-11)17-8-5-9-18-14(20)21-15(2,3)4/h6-7H,5,8-9H2,1-4H3,(H,17,19)(H,18,20). The third-order valence-electron chi connectivity index (χ3n) is 2.47. The zero-order valence-corrected chi connectivity index (χ0v) is 13.0. The van der Waals surface area contributed by atoms with E-state index in [1.807, 2.05) is 27.7 Å². The highest BCUT2D eigenvalue weighted by molar-refractivity contribution is 5.67. The van der Waals surface area contributed by atoms with E-state index in [0.29, 0.717) is 30.9 Å². The van der Waals surface area contributed by atoms with Gasteiger partial charge in [-0.3, -0.25) is 0 Å². The number of carbonyl (C=O) groups is 1. The van der Waals surface area contributed by atoms with Crippen LogP contribution >= 0.6 is 0 Å². The van der Waals surface area contributed by atoms with Gasteiger partial charge in [-0.05, 0) is 46.2 Å². The monoisotopic (exact) mass is 290 g/mol. The summed E-state index contributed by atoms with van der Waals surface area (Å²) in [5.41, 5.74) is 0.874. The van der Waals surface area contributed by atoms with Gasteiger partial charge in [0.25, 0.3) is 0 Å². The molecule has 0 radical (unpaired) electrons. The lowest BCUT2D eigenvalue weighted by Crippen LogP contribution is -2.33. The Morgan fingerprint density at radius 3 is 2.71 bits per heavy atom. The third kappa shape index (κ3) is 6.61. The van der Waals surface area contributed by atoms with Gasteiger partial charge < -0.3 is 15.4 Å². The second kappa shape index (κ2) is 7.48. The zero-order chi connectivity index (χ0) is 15.9. The van der Waals surface area contributed by atoms with Crippen LogP contribution in [0.15, 0.2) is 12.1 Å². The summed E-state index contributed by atoms with van der Waals surface area (Å²) in [6, 6.07) is 5.63. The van der Waals surface area contributed by atoms with E-state index in [1.54, 1.807) is 12.1 Å². The van der Waals surface area contributed by atoms with Crippen LogP contribution in [0.5, 0.6) is 0 Å². The highest BCUT2D eigenvalue weighted by Gasteiger charge is 2.15. The molecule has 6 nitrogen and oxygen atoms in total. The molecule has 2 N–H and O–H groups in total. The van der Waals surface area contributed by atoms with E-state index in [1.165, 1.54) is 0 Å². The quantitative estimate of drug-likeness (QED) is 0.814. The maximum atomic E-state index is 11.4. The molecule has 0 aliphatic rings. The molecule has 0 aliphatic heterocycles. The zero-order valence-electron chi connectivity index (χ0n) is 13.0. The number of hydrogen-bond donors (Lipinski definition) is 2. The van der Waals surface area contributed by atoms with E-state index < -0.39 is 11.7 Å². The van der Waals surface area contributed by atoms with Crippen LogP contribution in [-0.2, 0) is 4.74 Å². The van der Waals surface area contributed by atoms with Gasteiger partial charge >= 0.3 is 6.09 Å². The minimum atomic E-state index is -0.491. The number of hydrogen-bond acceptors (Lipinski definition) is 5. The topological polar surface area (TPSA) is 87.0 Å². The molecule has 1 aromatic rings. The maximum absolute atomic E-state index is 11.4. The lowest BCUT2D eigenvalue weighted by molar-refractivity contribution is 0.0528. The van der Waals surface area contributed by atoms with Crippen molar-refractivity contribution in [2.75, 3.05) is 18.4 Å². The lowest BCUT2D eigenvalue weighted by atomic mass is 10.2. The van der Waals surface area contributed by atoms with Crippen molar-refractivity contribution < 1.29 is 9.53 Å². The van der Waals surface area contributed by atoms with Crippen molar-refractivity contribution in [3.05, 3.63) is 23.4 Å². The summed E-state index contributed by atoms with van der Waals surface area (Å²) in [4.78, 5) is 15.7. The van der Waals surface area contributed by atoms with Crippen molar-refractivity contribution >= 4 is 11.9 Å². The minimum absolute atomic E-state index is 0.422. The summed E-state index contributed by atoms with van der Waals surface area (Å²) in [5, 5.41) is 14.8. The molecule has 1 aromatic heterocycles. The van der Waals surface area contributed by atoms with Crippen LogP contribution in [-0.4, -0.2) is 29.8 Å². The van der Waals surface area contributed by atoms with Gasteiger partial charge in [0.2, 0.25) is 0 Å². The molecule has 114 valence electrons. The molecule has 1 rings (SSSR count). The summed E-state index contributed by atoms with van der Waals surface area (Å²) in [6.45, 7) is 8.44. The number of nitrogens with one attached hydrogen (secondary N) is 2. The second-order valence-electron chi connectivity index (χ2n) is 5.67. The number of rotatable bonds is 5. The molecule has 0 aromatic carbocycles. The second-order valence-corrected chi connectivity index (χ2v) is 5.67. The summed E-state index contributed by atoms with van der Waals surface area (Å²) < 4.78 is 5.13. The van der Waals surface area contributed by atoms with Crippen molar-refractivity contribution in [3.63, 3.8) is 0 Å². The first-order valence-corrected chi connectivity index (χ1v) is 6.90. The fraction of sp³-hybridized carbons (Fsp3) is 0.533. The molecule has 0 aliphatic carbocycles. The molecule has 0 unspecified atom stereocenters. The van der Waals surface area contributed by atoms with Crippen molar-refractivity contribution in [2.45, 2.75) is 39.7 Å². The van der Waals surface area contributed by atoms with Crippen molar-refractivity contribution in [2.24, 2.45) is 0 Å². The maximum Gasteiger partial charge on any atom is 0.407 e. The van der Waals surface area contributed by atoms with E-state index in [-0.39, 0.29) is 0 Å². The highest BCUT2D eigenvalue weighted by Crippen LogP contribution is 2.11. The predicted octanol–water partition coefficient (Wildman–Crippen LogP) is 2.59. The number of alkyl carbamates (subject to hydrolysis) is 1. The van der Waals surface area contributed by atoms with Gasteiger partial charge in [0.05, 0.1) is 5.56 Å². The number of amides is 1. The van der Waals surface area contributed by atoms with Gasteiger partial charge in [0.1, 0.15) is 17.5 Å². The van der Waals surface area contributed by atoms with Crippen LogP contribution in [0, 0.1) is 18.3 Å². The first-order valence-electron chi connectivity index (χ1n) is 6.90. The Morgan fingerprint density at radius 2 is 2.10 bits per heavy atom. The molecule has 0 bridgehead atoms. The van der Waals surface area contributed by atoms with Gasteiger partial charge in [0.15, 0.2) is 0 Å². The summed E-state index contributed by atoms with van der Waals surface area (Å²) in [5.74, 6) is 0.578. The van der Waals surface area contributed by atoms with E-state index in [0.717, 1.165) is 5.69 Å². The number of carbonyl (C=O) groups excluding carboxylic acids is 1. The van der Waals surface area contributed by atoms with Crippen molar-refractivity contribution in [3.8, 4) is 6.07 Å². The minimum Gasteiger partial charge on any atom is -0.444 e. The van der Waals surface area contributed by atoms with E-state index in [4.69, 9.17) is 10.00 Å². The van der Waals surface area contributed by atoms with Crippen molar-refractivity contribution in [1.29, 1.82) is 5.26 Å². The average Bonchev–Trinajstić information content (AvgIpc) is 2.36. The van der Waals surface area contributed by atoms with Crippen molar-refractivity contribution in [1.82, 2.24) is 10.3 Å². The van der Waals surface area contributed by atoms with Crippen LogP contribution in [0.3, 0.4) is 0 Å². The Bertz CT molecular complexity index is 529. The smallest absolute Gasteiger partial charge is 0.407 e. The van der Waals surface area contributed by atoms with Gasteiger partial charge in [-0.2, -0.15) is 5.26 Å². The Morgan fingerprint density at radius 1 is 1.38 bits per heavy atom. The summed E-state index contributed by atoms with van der Waals surface area (Å²) >= 11 is 0. The van der Waals surface area contributed by atoms with Crippen LogP contribution in [0.1, 0.15) is 38.4 Å². The molecule has 0 saturated heterocycles. The summed E-state index contributed by atoms with van der Waals surface area (Å²) in [6.07, 6.45) is 0.286. The number of pyridine rings is 1. The van der Waals surface area contributed by atoms with Gasteiger partial charge in [-0.25, -0.2) is 9.78 Å². The van der Waals surface area contributed by atoms with Gasteiger partial charge in [0, 0.05) is 18.8 Å². The molecule has 0 atom stereocenters. The predicted molar refractivity (Wildman–Crippen MR) is 81.0 cm³/mol. The fourth-order valence-electron chi connectivity index (χ4n) is 1.58. The first kappa shape index (κ1) is 16.8. The van der Waals surface area contributed by atoms with E-state index in [9.17, 15) is 4.79 Å². The molecule has 6 heteroatoms. The highest BCUT2D eigenvalue weighted by atomic mass is 16.6. The number of nitriles is 1. The van der Waals surface area contributed by atoms with Crippen LogP contribution in [0.25, 0.3) is 0 Å². The molecular formula is C15H22N4O2. The lowest BCUT2D eigenvalue weighted by Gasteiger charge is -2.19. The Balaban J connectivity index is 2.31. The number of nitrogens with zero attached hydrogens (tertiary/aromatic N) is 2. The van der Waals surface area contributed by atoms with Gasteiger partial charge in [-0.1, -0.05) is 0 Å². The SMILES string of the molecule is Cc1ccc(C#N)c(NCCCNC(=O)OC(C)(C)C)n1. The Labute approximate surface area is 125 Å². The molecular weight excluding hydrogens is 268 g/mol. The van der Waals surface area contributed by atoms with Crippen LogP contribution < -0.4 is 10.6 Å². The Hall–Kier alpha value is -2.29. The largest absolute Gasteiger partial charge is 0.444 e. The van der Waals surface area contributed by atoms with Crippen LogP contribution in [0.4, 0.5) is 10.6 Å². The number of aryl methyl sites for hydroxylation is 1. The normalized spacial score (nSPS) is 10.6. The van der Waals surface area contributed by atoms with E-state index in [2.05, 4.69) is 21.7 Å². The van der Waals surface area contributed by atoms with Gasteiger partial charge in [-0.15, -0.1) is 0 Å². The Kier molecular flexibility index (Phi) is 5.97. The molecule has 1 amide bonds. The third-order valence-corrected chi connectivity index (χ3v) is 2.47. The molecule has 1 heterocycles. The average molecular weight is 290 g/mol. The van der Waals surface area contributed by atoms with E-state index >= 15 is 0 Å². The number of aromatic nitrogens is 1. The number of anilines is 1. The summed E-state index contributed by atoms with van der Waals surface area (Å²) in [7, 11) is 0. The van der Waals surface area contributed by atoms with Crippen LogP contribution in [0.2, 0.25) is 0 Å². The molecule has 0 saturated carbocycles. The molecule has 21 heavy (non-hydrogen) atoms. The number of ether oxygens (including phenoxy) is 1. The first-order chi connectivity index (χ1) is 9.81. The fourth-order valence-corrected chi connectivity index (χ4v) is 1.58. The molecule has 0 spiro atoms.